The van der Waals surface area contributed by atoms with Crippen molar-refractivity contribution in [2.24, 2.45) is 0 Å². The van der Waals surface area contributed by atoms with Gasteiger partial charge in [-0.05, 0) is 26.7 Å². The number of aryl methyl sites for hydroxylation is 1. The molecule has 0 aliphatic heterocycles. The Labute approximate surface area is 94.2 Å². The third kappa shape index (κ3) is 2.38. The van der Waals surface area contributed by atoms with Crippen LogP contribution in [0.5, 0.6) is 0 Å². The second-order valence-corrected chi connectivity index (χ2v) is 4.70. The number of aromatic nitrogens is 2. The van der Waals surface area contributed by atoms with Gasteiger partial charge < -0.3 is 11.1 Å². The van der Waals surface area contributed by atoms with E-state index in [0.29, 0.717) is 23.3 Å². The summed E-state index contributed by atoms with van der Waals surface area (Å²) in [6.07, 6.45) is 2.41. The second kappa shape index (κ2) is 3.61. The third-order valence-corrected chi connectivity index (χ3v) is 3.11. The van der Waals surface area contributed by atoms with E-state index >= 15 is 0 Å². The molecule has 0 saturated heterocycles. The highest BCUT2D eigenvalue weighted by atomic mass is 35.5. The number of halogens is 1. The van der Waals surface area contributed by atoms with Gasteiger partial charge in [0.25, 0.3) is 0 Å². The van der Waals surface area contributed by atoms with Crippen molar-refractivity contribution in [3.05, 3.63) is 16.5 Å². The van der Waals surface area contributed by atoms with Crippen molar-refractivity contribution < 1.29 is 0 Å². The monoisotopic (exact) mass is 226 g/mol. The Morgan fingerprint density at radius 1 is 1.47 bits per heavy atom. The smallest absolute Gasteiger partial charge is 0.139 e. The fraction of sp³-hybridized carbons (Fsp3) is 0.600. The van der Waals surface area contributed by atoms with Crippen molar-refractivity contribution in [2.75, 3.05) is 5.73 Å². The maximum Gasteiger partial charge on any atom is 0.139 e. The van der Waals surface area contributed by atoms with Crippen molar-refractivity contribution in [3.63, 3.8) is 0 Å². The Bertz CT molecular complexity index is 364. The summed E-state index contributed by atoms with van der Waals surface area (Å²) in [5.74, 6) is 1.09. The minimum Gasteiger partial charge on any atom is -0.383 e. The predicted molar refractivity (Wildman–Crippen MR) is 60.7 cm³/mol. The van der Waals surface area contributed by atoms with E-state index in [4.69, 9.17) is 17.3 Å². The first-order valence-electron chi connectivity index (χ1n) is 5.04. The van der Waals surface area contributed by atoms with Gasteiger partial charge in [-0.3, -0.25) is 0 Å². The van der Waals surface area contributed by atoms with Crippen LogP contribution in [0.2, 0.25) is 5.15 Å². The summed E-state index contributed by atoms with van der Waals surface area (Å²) in [7, 11) is 0. The van der Waals surface area contributed by atoms with Crippen molar-refractivity contribution >= 4 is 17.4 Å². The van der Waals surface area contributed by atoms with Crippen LogP contribution < -0.4 is 11.1 Å². The third-order valence-electron chi connectivity index (χ3n) is 2.79. The van der Waals surface area contributed by atoms with Gasteiger partial charge in [-0.15, -0.1) is 0 Å². The predicted octanol–water partition coefficient (Wildman–Crippen LogP) is 1.66. The summed E-state index contributed by atoms with van der Waals surface area (Å²) in [6.45, 7) is 4.61. The van der Waals surface area contributed by atoms with Gasteiger partial charge in [0, 0.05) is 17.6 Å². The fourth-order valence-corrected chi connectivity index (χ4v) is 1.70. The number of nitrogen functional groups attached to an aromatic ring is 1. The molecule has 1 heterocycles. The van der Waals surface area contributed by atoms with E-state index < -0.39 is 0 Å². The average molecular weight is 227 g/mol. The molecule has 0 atom stereocenters. The molecule has 0 amide bonds. The first-order chi connectivity index (χ1) is 7.00. The molecule has 0 aromatic carbocycles. The first-order valence-corrected chi connectivity index (χ1v) is 5.41. The Balaban J connectivity index is 2.13. The zero-order valence-corrected chi connectivity index (χ0v) is 9.73. The zero-order valence-electron chi connectivity index (χ0n) is 8.97. The minimum atomic E-state index is 0.265. The van der Waals surface area contributed by atoms with Crippen molar-refractivity contribution in [1.82, 2.24) is 15.3 Å². The van der Waals surface area contributed by atoms with E-state index in [-0.39, 0.29) is 5.54 Å². The number of nitrogens with zero attached hydrogens (tertiary/aromatic N) is 2. The zero-order chi connectivity index (χ0) is 11.1. The molecule has 82 valence electrons. The van der Waals surface area contributed by atoms with Crippen molar-refractivity contribution in [2.45, 2.75) is 38.8 Å². The van der Waals surface area contributed by atoms with Gasteiger partial charge in [0.2, 0.25) is 0 Å². The van der Waals surface area contributed by atoms with Crippen LogP contribution in [-0.4, -0.2) is 15.5 Å². The molecule has 15 heavy (non-hydrogen) atoms. The summed E-state index contributed by atoms with van der Waals surface area (Å²) < 4.78 is 0. The number of nitrogens with one attached hydrogen (secondary N) is 1. The normalized spacial score (nSPS) is 17.8. The Kier molecular flexibility index (Phi) is 2.56. The first kappa shape index (κ1) is 10.6. The quantitative estimate of drug-likeness (QED) is 0.770. The minimum absolute atomic E-state index is 0.265. The highest BCUT2D eigenvalue weighted by molar-refractivity contribution is 6.30. The maximum absolute atomic E-state index is 6.01. The number of nitrogens with two attached hydrogens (primary N) is 1. The molecule has 1 fully saturated rings. The van der Waals surface area contributed by atoms with Gasteiger partial charge in [-0.1, -0.05) is 11.6 Å². The molecule has 5 heteroatoms. The van der Waals surface area contributed by atoms with Crippen LogP contribution in [0.25, 0.3) is 0 Å². The summed E-state index contributed by atoms with van der Waals surface area (Å²) >= 11 is 6.01. The van der Waals surface area contributed by atoms with Crippen LogP contribution in [0.3, 0.4) is 0 Å². The molecule has 0 radical (unpaired) electrons. The van der Waals surface area contributed by atoms with E-state index in [0.717, 1.165) is 5.56 Å². The Hall–Kier alpha value is -0.870. The molecule has 2 rings (SSSR count). The SMILES string of the molecule is Cc1nc(N)c(CNC2(C)CC2)c(Cl)n1. The van der Waals surface area contributed by atoms with Crippen LogP contribution in [0.1, 0.15) is 31.2 Å². The highest BCUT2D eigenvalue weighted by Gasteiger charge is 2.36. The van der Waals surface area contributed by atoms with E-state index in [1.54, 1.807) is 6.92 Å². The molecule has 1 aromatic heterocycles. The number of hydrogen-bond acceptors (Lipinski definition) is 4. The highest BCUT2D eigenvalue weighted by Crippen LogP contribution is 2.35. The average Bonchev–Trinajstić information content (AvgIpc) is 2.82. The van der Waals surface area contributed by atoms with Gasteiger partial charge >= 0.3 is 0 Å². The van der Waals surface area contributed by atoms with Crippen LogP contribution in [0.15, 0.2) is 0 Å². The molecule has 1 aliphatic carbocycles. The summed E-state index contributed by atoms with van der Waals surface area (Å²) in [4.78, 5) is 8.19. The molecular weight excluding hydrogens is 212 g/mol. The molecule has 0 bridgehead atoms. The number of anilines is 1. The largest absolute Gasteiger partial charge is 0.383 e. The van der Waals surface area contributed by atoms with Crippen LogP contribution in [0, 0.1) is 6.92 Å². The van der Waals surface area contributed by atoms with Crippen LogP contribution in [0.4, 0.5) is 5.82 Å². The molecule has 0 unspecified atom stereocenters. The molecule has 1 saturated carbocycles. The second-order valence-electron chi connectivity index (χ2n) is 4.34. The van der Waals surface area contributed by atoms with E-state index in [2.05, 4.69) is 22.2 Å². The number of rotatable bonds is 3. The van der Waals surface area contributed by atoms with E-state index in [1.807, 2.05) is 0 Å². The van der Waals surface area contributed by atoms with E-state index in [1.165, 1.54) is 12.8 Å². The summed E-state index contributed by atoms with van der Waals surface area (Å²) in [5, 5.41) is 3.86. The molecule has 4 nitrogen and oxygen atoms in total. The van der Waals surface area contributed by atoms with E-state index in [9.17, 15) is 0 Å². The molecule has 3 N–H and O–H groups in total. The van der Waals surface area contributed by atoms with Gasteiger partial charge in [0.15, 0.2) is 0 Å². The van der Waals surface area contributed by atoms with Crippen molar-refractivity contribution in [3.8, 4) is 0 Å². The fourth-order valence-electron chi connectivity index (χ4n) is 1.41. The van der Waals surface area contributed by atoms with Gasteiger partial charge in [0.05, 0.1) is 0 Å². The molecule has 1 aliphatic rings. The summed E-state index contributed by atoms with van der Waals surface area (Å²) in [5.41, 5.74) is 6.86. The van der Waals surface area contributed by atoms with Gasteiger partial charge in [-0.25, -0.2) is 9.97 Å². The number of hydrogen-bond donors (Lipinski definition) is 2. The van der Waals surface area contributed by atoms with Crippen LogP contribution in [-0.2, 0) is 6.54 Å². The van der Waals surface area contributed by atoms with Crippen LogP contribution >= 0.6 is 11.6 Å². The van der Waals surface area contributed by atoms with Crippen molar-refractivity contribution in [1.29, 1.82) is 0 Å². The molecule has 1 aromatic rings. The van der Waals surface area contributed by atoms with Gasteiger partial charge in [-0.2, -0.15) is 0 Å². The Morgan fingerprint density at radius 2 is 2.13 bits per heavy atom. The lowest BCUT2D eigenvalue weighted by atomic mass is 10.2. The lowest BCUT2D eigenvalue weighted by molar-refractivity contribution is 0.537. The topological polar surface area (TPSA) is 63.8 Å². The standard InChI is InChI=1S/C10H15ClN4/c1-6-14-8(11)7(9(12)15-6)5-13-10(2)3-4-10/h13H,3-5H2,1-2H3,(H2,12,14,15). The lowest BCUT2D eigenvalue weighted by Gasteiger charge is -2.13. The lowest BCUT2D eigenvalue weighted by Crippen LogP contribution is -2.27. The molecular formula is C10H15ClN4. The van der Waals surface area contributed by atoms with Gasteiger partial charge in [0.1, 0.15) is 16.8 Å². The molecule has 0 spiro atoms. The maximum atomic E-state index is 6.01. The summed E-state index contributed by atoms with van der Waals surface area (Å²) in [6, 6.07) is 0. The Morgan fingerprint density at radius 3 is 2.67 bits per heavy atom.